The van der Waals surface area contributed by atoms with Crippen LogP contribution in [0.1, 0.15) is 29.6 Å². The first-order chi connectivity index (χ1) is 17.6. The molecule has 0 spiro atoms. The van der Waals surface area contributed by atoms with Crippen molar-refractivity contribution >= 4 is 23.2 Å². The van der Waals surface area contributed by atoms with Crippen molar-refractivity contribution in [1.82, 2.24) is 5.06 Å². The maximum atomic E-state index is 13.0. The van der Waals surface area contributed by atoms with Crippen LogP contribution in [0.25, 0.3) is 11.1 Å². The molecule has 7 heteroatoms. The molecular formula is C29H29N3O4. The summed E-state index contributed by atoms with van der Waals surface area (Å²) in [5.41, 5.74) is 3.91. The number of amides is 2. The van der Waals surface area contributed by atoms with Crippen LogP contribution in [0.2, 0.25) is 0 Å². The number of nitrogens with zero attached hydrogens (tertiary/aromatic N) is 1. The SMILES string of the molecule is O=C(CC1C[N@@]2C[C@H]1CO2)Nc1cc(C(=O)Nc2ccc(-c3ccccc3)cc2)ccc1OC1CC1. The van der Waals surface area contributed by atoms with Gasteiger partial charge < -0.3 is 15.4 Å². The maximum Gasteiger partial charge on any atom is 0.255 e. The minimum absolute atomic E-state index is 0.0662. The number of fused-ring (bicyclic) bond motifs is 2. The Bertz CT molecular complexity index is 1260. The Morgan fingerprint density at radius 1 is 0.917 bits per heavy atom. The summed E-state index contributed by atoms with van der Waals surface area (Å²) in [6.45, 7) is 2.38. The van der Waals surface area contributed by atoms with E-state index in [9.17, 15) is 9.59 Å². The molecule has 2 aliphatic heterocycles. The van der Waals surface area contributed by atoms with Gasteiger partial charge in [0.25, 0.3) is 5.91 Å². The fourth-order valence-corrected chi connectivity index (χ4v) is 4.88. The van der Waals surface area contributed by atoms with Gasteiger partial charge in [0.1, 0.15) is 5.75 Å². The van der Waals surface area contributed by atoms with Crippen LogP contribution >= 0.6 is 0 Å². The first kappa shape index (κ1) is 22.8. The Balaban J connectivity index is 1.14. The number of carbonyl (C=O) groups excluding carboxylic acids is 2. The van der Waals surface area contributed by atoms with Gasteiger partial charge in [0, 0.05) is 36.7 Å². The fourth-order valence-electron chi connectivity index (χ4n) is 4.88. The molecule has 6 rings (SSSR count). The smallest absolute Gasteiger partial charge is 0.255 e. The summed E-state index contributed by atoms with van der Waals surface area (Å²) < 4.78 is 6.01. The highest BCUT2D eigenvalue weighted by atomic mass is 16.7. The molecule has 0 radical (unpaired) electrons. The molecule has 184 valence electrons. The third-order valence-corrected chi connectivity index (χ3v) is 7.05. The summed E-state index contributed by atoms with van der Waals surface area (Å²) in [6, 6.07) is 23.1. The van der Waals surface area contributed by atoms with Crippen LogP contribution in [-0.2, 0) is 9.63 Å². The van der Waals surface area contributed by atoms with Crippen LogP contribution in [0.3, 0.4) is 0 Å². The summed E-state index contributed by atoms with van der Waals surface area (Å²) in [5.74, 6) is 0.993. The van der Waals surface area contributed by atoms with E-state index in [1.54, 1.807) is 18.2 Å². The molecule has 2 amide bonds. The first-order valence-corrected chi connectivity index (χ1v) is 12.6. The summed E-state index contributed by atoms with van der Waals surface area (Å²) >= 11 is 0. The highest BCUT2D eigenvalue weighted by Crippen LogP contribution is 2.35. The molecule has 36 heavy (non-hydrogen) atoms. The monoisotopic (exact) mass is 483 g/mol. The third kappa shape index (κ3) is 5.12. The average Bonchev–Trinajstić information content (AvgIpc) is 3.47. The Kier molecular flexibility index (Phi) is 6.17. The molecule has 2 bridgehead atoms. The largest absolute Gasteiger partial charge is 0.488 e. The molecule has 3 aliphatic rings. The second-order valence-corrected chi connectivity index (χ2v) is 9.84. The van der Waals surface area contributed by atoms with Crippen molar-refractivity contribution in [3.8, 4) is 16.9 Å². The van der Waals surface area contributed by atoms with Crippen LogP contribution in [-0.4, -0.2) is 42.7 Å². The molecule has 3 atom stereocenters. The summed E-state index contributed by atoms with van der Waals surface area (Å²) in [6.07, 6.45) is 2.62. The van der Waals surface area contributed by atoms with E-state index in [1.165, 1.54) is 0 Å². The van der Waals surface area contributed by atoms with Gasteiger partial charge in [-0.3, -0.25) is 14.4 Å². The number of nitrogens with one attached hydrogen (secondary N) is 2. The zero-order chi connectivity index (χ0) is 24.5. The Labute approximate surface area is 210 Å². The fraction of sp³-hybridized carbons (Fsp3) is 0.310. The highest BCUT2D eigenvalue weighted by Gasteiger charge is 2.40. The molecule has 1 unspecified atom stereocenters. The van der Waals surface area contributed by atoms with Crippen molar-refractivity contribution < 1.29 is 19.2 Å². The van der Waals surface area contributed by atoms with Gasteiger partial charge in [-0.2, -0.15) is 5.06 Å². The highest BCUT2D eigenvalue weighted by molar-refractivity contribution is 6.06. The Morgan fingerprint density at radius 3 is 2.39 bits per heavy atom. The van der Waals surface area contributed by atoms with Crippen molar-refractivity contribution in [1.29, 1.82) is 0 Å². The van der Waals surface area contributed by atoms with Gasteiger partial charge in [-0.15, -0.1) is 0 Å². The second-order valence-electron chi connectivity index (χ2n) is 9.84. The molecule has 2 N–H and O–H groups in total. The minimum atomic E-state index is -0.242. The van der Waals surface area contributed by atoms with Crippen molar-refractivity contribution in [2.45, 2.75) is 25.4 Å². The number of hydrogen-bond acceptors (Lipinski definition) is 5. The van der Waals surface area contributed by atoms with Crippen LogP contribution in [0.15, 0.2) is 72.8 Å². The number of ether oxygens (including phenoxy) is 1. The topological polar surface area (TPSA) is 79.9 Å². The molecule has 2 heterocycles. The molecule has 1 saturated carbocycles. The zero-order valence-electron chi connectivity index (χ0n) is 20.0. The molecule has 3 aromatic rings. The lowest BCUT2D eigenvalue weighted by Gasteiger charge is -2.21. The number of hydrogen-bond donors (Lipinski definition) is 2. The van der Waals surface area contributed by atoms with Crippen molar-refractivity contribution in [3.05, 3.63) is 78.4 Å². The van der Waals surface area contributed by atoms with Crippen molar-refractivity contribution in [3.63, 3.8) is 0 Å². The lowest BCUT2D eigenvalue weighted by Crippen LogP contribution is -2.28. The van der Waals surface area contributed by atoms with E-state index in [0.717, 1.165) is 37.1 Å². The van der Waals surface area contributed by atoms with Crippen LogP contribution < -0.4 is 15.4 Å². The molecule has 7 nitrogen and oxygen atoms in total. The van der Waals surface area contributed by atoms with E-state index in [-0.39, 0.29) is 23.8 Å². The molecule has 0 aromatic heterocycles. The summed E-state index contributed by atoms with van der Waals surface area (Å²) in [7, 11) is 0. The maximum absolute atomic E-state index is 13.0. The second kappa shape index (κ2) is 9.76. The average molecular weight is 484 g/mol. The van der Waals surface area contributed by atoms with E-state index >= 15 is 0 Å². The number of carbonyl (C=O) groups is 2. The van der Waals surface area contributed by atoms with Gasteiger partial charge in [0.15, 0.2) is 0 Å². The molecule has 3 fully saturated rings. The Hall–Kier alpha value is -3.68. The van der Waals surface area contributed by atoms with Crippen LogP contribution in [0, 0.1) is 11.8 Å². The number of benzene rings is 3. The van der Waals surface area contributed by atoms with Crippen LogP contribution in [0.4, 0.5) is 11.4 Å². The standard InChI is InChI=1S/C29H29N3O4/c33-28(15-22-16-32-17-23(22)18-35-32)31-26-14-21(8-13-27(26)36-25-11-12-25)29(34)30-24-9-6-20(7-10-24)19-4-2-1-3-5-19/h1-10,13-14,22-23,25H,11-12,15-18H2,(H,30,34)(H,31,33)/t22?,23-/m0/s1. The van der Waals surface area contributed by atoms with E-state index < -0.39 is 0 Å². The quantitative estimate of drug-likeness (QED) is 0.473. The van der Waals surface area contributed by atoms with Gasteiger partial charge in [-0.1, -0.05) is 42.5 Å². The van der Waals surface area contributed by atoms with Crippen molar-refractivity contribution in [2.24, 2.45) is 11.8 Å². The summed E-state index contributed by atoms with van der Waals surface area (Å²) in [5, 5.41) is 7.91. The van der Waals surface area contributed by atoms with E-state index in [1.807, 2.05) is 47.5 Å². The Morgan fingerprint density at radius 2 is 1.69 bits per heavy atom. The van der Waals surface area contributed by atoms with Gasteiger partial charge in [-0.05, 0) is 60.2 Å². The minimum Gasteiger partial charge on any atom is -0.488 e. The van der Waals surface area contributed by atoms with E-state index in [2.05, 4.69) is 22.8 Å². The van der Waals surface area contributed by atoms with Gasteiger partial charge in [0.2, 0.25) is 5.91 Å². The normalized spacial score (nSPS) is 22.3. The lowest BCUT2D eigenvalue weighted by molar-refractivity contribution is -0.133. The molecule has 2 saturated heterocycles. The van der Waals surface area contributed by atoms with Gasteiger partial charge in [-0.25, -0.2) is 0 Å². The third-order valence-electron chi connectivity index (χ3n) is 7.05. The van der Waals surface area contributed by atoms with E-state index in [4.69, 9.17) is 9.57 Å². The number of rotatable bonds is 8. The zero-order valence-corrected chi connectivity index (χ0v) is 20.0. The number of anilines is 2. The van der Waals surface area contributed by atoms with Gasteiger partial charge in [0.05, 0.1) is 18.4 Å². The predicted molar refractivity (Wildman–Crippen MR) is 138 cm³/mol. The predicted octanol–water partition coefficient (Wildman–Crippen LogP) is 4.97. The van der Waals surface area contributed by atoms with E-state index in [0.29, 0.717) is 41.6 Å². The van der Waals surface area contributed by atoms with Crippen LogP contribution in [0.5, 0.6) is 5.75 Å². The molecule has 3 aromatic carbocycles. The lowest BCUT2D eigenvalue weighted by atomic mass is 9.93. The van der Waals surface area contributed by atoms with Crippen molar-refractivity contribution in [2.75, 3.05) is 30.3 Å². The summed E-state index contributed by atoms with van der Waals surface area (Å²) in [4.78, 5) is 31.4. The number of hydroxylamine groups is 2. The molecular weight excluding hydrogens is 454 g/mol. The molecule has 1 aliphatic carbocycles. The van der Waals surface area contributed by atoms with Gasteiger partial charge >= 0.3 is 0 Å². The first-order valence-electron chi connectivity index (χ1n) is 12.6.